The molecule has 3 heterocycles. The maximum absolute atomic E-state index is 14.2. The van der Waals surface area contributed by atoms with E-state index >= 15 is 0 Å². The summed E-state index contributed by atoms with van der Waals surface area (Å²) in [4.78, 5) is 4.68. The molecule has 0 bridgehead atoms. The summed E-state index contributed by atoms with van der Waals surface area (Å²) in [7, 11) is 0. The topological polar surface area (TPSA) is 44.9 Å². The second kappa shape index (κ2) is 12.1. The van der Waals surface area contributed by atoms with Crippen LogP contribution in [0.1, 0.15) is 47.6 Å². The molecule has 0 aliphatic rings. The molecule has 11 heteroatoms. The fourth-order valence-corrected chi connectivity index (χ4v) is 6.60. The Hall–Kier alpha value is -5.58. The Morgan fingerprint density at radius 1 is 0.700 bits per heavy atom. The van der Waals surface area contributed by atoms with Gasteiger partial charge in [0.25, 0.3) is 0 Å². The number of halogens is 6. The number of pyridine rings is 1. The molecule has 0 amide bonds. The molecule has 0 atom stereocenters. The Balaban J connectivity index is 1.28. The van der Waals surface area contributed by atoms with E-state index < -0.39 is 29.0 Å². The molecular weight excluding hydrogens is 654 g/mol. The van der Waals surface area contributed by atoms with E-state index in [1.165, 1.54) is 10.9 Å². The van der Waals surface area contributed by atoms with Crippen LogP contribution in [0.5, 0.6) is 11.5 Å². The van der Waals surface area contributed by atoms with Crippen molar-refractivity contribution < 1.29 is 31.1 Å². The van der Waals surface area contributed by atoms with E-state index in [2.05, 4.69) is 40.6 Å². The summed E-state index contributed by atoms with van der Waals surface area (Å²) in [6.07, 6.45) is -6.07. The van der Waals surface area contributed by atoms with Gasteiger partial charge >= 0.3 is 12.4 Å². The number of benzene rings is 4. The molecule has 0 N–H and O–H groups in total. The molecular formula is C39H30F6N4O. The fraction of sp³-hybridized carbons (Fsp3) is 0.179. The lowest BCUT2D eigenvalue weighted by Gasteiger charge is -2.22. The molecule has 5 nitrogen and oxygen atoms in total. The van der Waals surface area contributed by atoms with Gasteiger partial charge in [-0.1, -0.05) is 44.2 Å². The van der Waals surface area contributed by atoms with Gasteiger partial charge in [-0.15, -0.1) is 0 Å². The van der Waals surface area contributed by atoms with E-state index in [0.717, 1.165) is 59.3 Å². The van der Waals surface area contributed by atoms with Crippen molar-refractivity contribution in [2.45, 2.75) is 46.0 Å². The number of aryl methyl sites for hydroxylation is 2. The van der Waals surface area contributed by atoms with Crippen molar-refractivity contribution in [3.63, 3.8) is 0 Å². The van der Waals surface area contributed by atoms with E-state index in [1.54, 1.807) is 30.5 Å². The van der Waals surface area contributed by atoms with Gasteiger partial charge in [0.2, 0.25) is 0 Å². The molecule has 0 aliphatic heterocycles. The van der Waals surface area contributed by atoms with Crippen molar-refractivity contribution in [3.8, 4) is 34.1 Å². The third-order valence-electron chi connectivity index (χ3n) is 8.79. The number of hydrogen-bond donors (Lipinski definition) is 0. The fourth-order valence-electron chi connectivity index (χ4n) is 6.60. The lowest BCUT2D eigenvalue weighted by atomic mass is 9.88. The Bertz CT molecular complexity index is 2360. The molecule has 0 saturated carbocycles. The van der Waals surface area contributed by atoms with Crippen LogP contribution in [-0.4, -0.2) is 19.3 Å². The molecule has 0 fully saturated rings. The zero-order valence-corrected chi connectivity index (χ0v) is 27.4. The molecule has 4 aromatic carbocycles. The van der Waals surface area contributed by atoms with Gasteiger partial charge in [0.1, 0.15) is 17.3 Å². The highest BCUT2D eigenvalue weighted by Gasteiger charge is 2.43. The second-order valence-electron chi connectivity index (χ2n) is 12.5. The SMILES string of the molecule is Cc1cc(C)c(C(F)(F)F)c(-c2cnn(-c3cccc(Oc4ccc5c6ccccc6n(-c6cc(C(C)C)ccn6)c5c4)c3)c2)c1C(F)(F)F. The average molecular weight is 685 g/mol. The van der Waals surface area contributed by atoms with Crippen LogP contribution >= 0.6 is 0 Å². The van der Waals surface area contributed by atoms with Crippen molar-refractivity contribution in [3.05, 3.63) is 131 Å². The molecule has 7 aromatic rings. The van der Waals surface area contributed by atoms with Crippen molar-refractivity contribution >= 4 is 21.8 Å². The number of para-hydroxylation sites is 1. The summed E-state index contributed by atoms with van der Waals surface area (Å²) >= 11 is 0. The Kier molecular flexibility index (Phi) is 7.96. The van der Waals surface area contributed by atoms with E-state index in [9.17, 15) is 26.3 Å². The number of aromatic nitrogens is 4. The van der Waals surface area contributed by atoms with Gasteiger partial charge in [-0.05, 0) is 78.9 Å². The van der Waals surface area contributed by atoms with Crippen LogP contribution in [0.3, 0.4) is 0 Å². The molecule has 3 aromatic heterocycles. The predicted octanol–water partition coefficient (Wildman–Crippen LogP) is 11.6. The minimum atomic E-state index is -5.02. The van der Waals surface area contributed by atoms with Crippen molar-refractivity contribution in [1.29, 1.82) is 0 Å². The normalized spacial score (nSPS) is 12.4. The lowest BCUT2D eigenvalue weighted by Crippen LogP contribution is -2.17. The van der Waals surface area contributed by atoms with Crippen molar-refractivity contribution in [1.82, 2.24) is 19.3 Å². The summed E-state index contributed by atoms with van der Waals surface area (Å²) in [5, 5.41) is 6.22. The van der Waals surface area contributed by atoms with Gasteiger partial charge in [-0.25, -0.2) is 9.67 Å². The van der Waals surface area contributed by atoms with Gasteiger partial charge in [0, 0.05) is 46.4 Å². The number of ether oxygens (including phenoxy) is 1. The quantitative estimate of drug-likeness (QED) is 0.164. The number of nitrogens with zero attached hydrogens (tertiary/aromatic N) is 4. The first-order chi connectivity index (χ1) is 23.7. The Labute approximate surface area is 283 Å². The van der Waals surface area contributed by atoms with Crippen LogP contribution in [0.2, 0.25) is 0 Å². The predicted molar refractivity (Wildman–Crippen MR) is 181 cm³/mol. The summed E-state index contributed by atoms with van der Waals surface area (Å²) < 4.78 is 94.8. The third kappa shape index (κ3) is 5.86. The molecule has 254 valence electrons. The summed E-state index contributed by atoms with van der Waals surface area (Å²) in [6, 6.07) is 25.4. The maximum Gasteiger partial charge on any atom is 0.417 e. The van der Waals surface area contributed by atoms with Crippen LogP contribution in [0.4, 0.5) is 26.3 Å². The Morgan fingerprint density at radius 2 is 1.38 bits per heavy atom. The van der Waals surface area contributed by atoms with Crippen LogP contribution in [-0.2, 0) is 12.4 Å². The molecule has 0 radical (unpaired) electrons. The summed E-state index contributed by atoms with van der Waals surface area (Å²) in [5.41, 5.74) is -1.17. The zero-order chi connectivity index (χ0) is 35.5. The first-order valence-corrected chi connectivity index (χ1v) is 15.8. The average Bonchev–Trinajstić information content (AvgIpc) is 3.67. The number of alkyl halides is 6. The van der Waals surface area contributed by atoms with E-state index in [1.807, 2.05) is 42.5 Å². The van der Waals surface area contributed by atoms with E-state index in [-0.39, 0.29) is 16.7 Å². The van der Waals surface area contributed by atoms with Crippen LogP contribution in [0.25, 0.3) is 44.4 Å². The highest BCUT2D eigenvalue weighted by atomic mass is 19.4. The monoisotopic (exact) mass is 684 g/mol. The smallest absolute Gasteiger partial charge is 0.417 e. The zero-order valence-electron chi connectivity index (χ0n) is 27.4. The second-order valence-corrected chi connectivity index (χ2v) is 12.5. The van der Waals surface area contributed by atoms with Gasteiger partial charge in [-0.3, -0.25) is 4.57 Å². The van der Waals surface area contributed by atoms with Crippen LogP contribution in [0.15, 0.2) is 104 Å². The highest BCUT2D eigenvalue weighted by molar-refractivity contribution is 6.09. The molecule has 50 heavy (non-hydrogen) atoms. The molecule has 0 saturated heterocycles. The van der Waals surface area contributed by atoms with Gasteiger partial charge in [0.05, 0.1) is 34.0 Å². The minimum absolute atomic E-state index is 0.305. The van der Waals surface area contributed by atoms with Gasteiger partial charge in [0.15, 0.2) is 0 Å². The van der Waals surface area contributed by atoms with Crippen LogP contribution < -0.4 is 4.74 Å². The largest absolute Gasteiger partial charge is 0.457 e. The first-order valence-electron chi connectivity index (χ1n) is 15.8. The Morgan fingerprint density at radius 3 is 2.08 bits per heavy atom. The molecule has 0 aliphatic carbocycles. The highest BCUT2D eigenvalue weighted by Crippen LogP contribution is 2.47. The van der Waals surface area contributed by atoms with Crippen molar-refractivity contribution in [2.75, 3.05) is 0 Å². The number of fused-ring (bicyclic) bond motifs is 3. The van der Waals surface area contributed by atoms with Crippen LogP contribution in [0, 0.1) is 13.8 Å². The molecule has 0 spiro atoms. The summed E-state index contributed by atoms with van der Waals surface area (Å²) in [5.74, 6) is 1.97. The third-order valence-corrected chi connectivity index (χ3v) is 8.79. The van der Waals surface area contributed by atoms with Gasteiger partial charge in [-0.2, -0.15) is 31.4 Å². The number of rotatable bonds is 6. The molecule has 7 rings (SSSR count). The first kappa shape index (κ1) is 32.9. The molecule has 0 unspecified atom stereocenters. The standard InChI is InChI=1S/C39H30F6N4O/c1-22(2)25-14-15-46-34(17-25)49-32-11-6-5-10-30(32)31-13-12-29(19-33(31)49)50-28-9-7-8-27(18-28)48-21-26(20-47-48)35-36(38(40,41)42)23(3)16-24(4)37(35)39(43,44)45/h5-22H,1-4H3. The van der Waals surface area contributed by atoms with E-state index in [4.69, 9.17) is 4.74 Å². The minimum Gasteiger partial charge on any atom is -0.457 e. The van der Waals surface area contributed by atoms with Gasteiger partial charge < -0.3 is 4.74 Å². The van der Waals surface area contributed by atoms with Crippen molar-refractivity contribution in [2.24, 2.45) is 0 Å². The summed E-state index contributed by atoms with van der Waals surface area (Å²) in [6.45, 7) is 6.55. The number of hydrogen-bond acceptors (Lipinski definition) is 3. The maximum atomic E-state index is 14.2. The van der Waals surface area contributed by atoms with E-state index in [0.29, 0.717) is 23.1 Å². The lowest BCUT2D eigenvalue weighted by molar-refractivity contribution is -0.142.